The number of hydrogen-bond acceptors (Lipinski definition) is 3. The quantitative estimate of drug-likeness (QED) is 0.926. The molecule has 1 amide bonds. The van der Waals surface area contributed by atoms with Gasteiger partial charge in [-0.1, -0.05) is 23.8 Å². The predicted molar refractivity (Wildman–Crippen MR) is 79.2 cm³/mol. The Morgan fingerprint density at radius 3 is 2.65 bits per heavy atom. The van der Waals surface area contributed by atoms with Gasteiger partial charge in [-0.25, -0.2) is 8.42 Å². The monoisotopic (exact) mass is 295 g/mol. The molecule has 1 fully saturated rings. The molecule has 0 aromatic heterocycles. The van der Waals surface area contributed by atoms with Crippen molar-refractivity contribution in [1.82, 2.24) is 5.32 Å². The second-order valence-corrected chi connectivity index (χ2v) is 7.92. The van der Waals surface area contributed by atoms with Crippen molar-refractivity contribution in [3.63, 3.8) is 0 Å². The minimum absolute atomic E-state index is 0.0155. The molecule has 1 saturated heterocycles. The first-order valence-corrected chi connectivity index (χ1v) is 8.68. The number of benzene rings is 1. The van der Waals surface area contributed by atoms with Crippen LogP contribution in [-0.2, 0) is 14.6 Å². The maximum atomic E-state index is 12.1. The standard InChI is InChI=1S/C15H21NO3S/c1-10-4-5-11(2)14(8-10)12(3)16-15(17)13-6-7-20(18,19)9-13/h4-5,8,12-13H,6-7,9H2,1-3H3,(H,16,17). The number of amides is 1. The van der Waals surface area contributed by atoms with E-state index in [1.165, 1.54) is 0 Å². The van der Waals surface area contributed by atoms with Gasteiger partial charge in [0.25, 0.3) is 0 Å². The lowest BCUT2D eigenvalue weighted by Gasteiger charge is -2.19. The zero-order chi connectivity index (χ0) is 14.9. The van der Waals surface area contributed by atoms with Crippen molar-refractivity contribution in [2.24, 2.45) is 5.92 Å². The van der Waals surface area contributed by atoms with Crippen LogP contribution in [0.1, 0.15) is 36.1 Å². The van der Waals surface area contributed by atoms with Gasteiger partial charge in [0.05, 0.1) is 23.5 Å². The fraction of sp³-hybridized carbons (Fsp3) is 0.533. The fourth-order valence-corrected chi connectivity index (χ4v) is 4.38. The highest BCUT2D eigenvalue weighted by Crippen LogP contribution is 2.22. The Balaban J connectivity index is 2.06. The summed E-state index contributed by atoms with van der Waals surface area (Å²) in [4.78, 5) is 12.1. The molecule has 1 aliphatic rings. The second kappa shape index (κ2) is 5.56. The van der Waals surface area contributed by atoms with E-state index in [1.54, 1.807) is 0 Å². The molecule has 110 valence electrons. The smallest absolute Gasteiger partial charge is 0.224 e. The van der Waals surface area contributed by atoms with Gasteiger partial charge in [-0.3, -0.25) is 4.79 Å². The number of carbonyl (C=O) groups is 1. The van der Waals surface area contributed by atoms with Crippen molar-refractivity contribution in [1.29, 1.82) is 0 Å². The van der Waals surface area contributed by atoms with Gasteiger partial charge in [-0.2, -0.15) is 0 Å². The molecule has 0 bridgehead atoms. The van der Waals surface area contributed by atoms with E-state index in [0.717, 1.165) is 16.7 Å². The maximum absolute atomic E-state index is 12.1. The third-order valence-corrected chi connectivity index (χ3v) is 5.63. The molecule has 0 aliphatic carbocycles. The third-order valence-electron chi connectivity index (χ3n) is 3.86. The highest BCUT2D eigenvalue weighted by molar-refractivity contribution is 7.91. The van der Waals surface area contributed by atoms with Crippen LogP contribution < -0.4 is 5.32 Å². The average molecular weight is 295 g/mol. The molecule has 1 aromatic carbocycles. The molecule has 4 nitrogen and oxygen atoms in total. The van der Waals surface area contributed by atoms with E-state index < -0.39 is 15.8 Å². The molecule has 2 unspecified atom stereocenters. The first-order chi connectivity index (χ1) is 9.28. The van der Waals surface area contributed by atoms with Crippen LogP contribution in [0.3, 0.4) is 0 Å². The van der Waals surface area contributed by atoms with Crippen molar-refractivity contribution in [3.8, 4) is 0 Å². The number of rotatable bonds is 3. The molecule has 2 rings (SSSR count). The first-order valence-electron chi connectivity index (χ1n) is 6.86. The van der Waals surface area contributed by atoms with Crippen molar-refractivity contribution in [3.05, 3.63) is 34.9 Å². The lowest BCUT2D eigenvalue weighted by Crippen LogP contribution is -2.33. The summed E-state index contributed by atoms with van der Waals surface area (Å²) in [5.41, 5.74) is 3.36. The van der Waals surface area contributed by atoms with Gasteiger partial charge >= 0.3 is 0 Å². The lowest BCUT2D eigenvalue weighted by molar-refractivity contribution is -0.124. The Morgan fingerprint density at radius 1 is 1.35 bits per heavy atom. The van der Waals surface area contributed by atoms with Crippen molar-refractivity contribution in [2.75, 3.05) is 11.5 Å². The molecular formula is C15H21NO3S. The van der Waals surface area contributed by atoms with Gasteiger partial charge in [0.2, 0.25) is 5.91 Å². The molecule has 1 heterocycles. The van der Waals surface area contributed by atoms with E-state index in [4.69, 9.17) is 0 Å². The molecule has 2 atom stereocenters. The van der Waals surface area contributed by atoms with Gasteiger partial charge in [-0.05, 0) is 38.3 Å². The number of sulfone groups is 1. The largest absolute Gasteiger partial charge is 0.349 e. The average Bonchev–Trinajstić information content (AvgIpc) is 2.72. The highest BCUT2D eigenvalue weighted by Gasteiger charge is 2.33. The summed E-state index contributed by atoms with van der Waals surface area (Å²) in [5, 5.41) is 2.94. The number of hydrogen-bond donors (Lipinski definition) is 1. The minimum Gasteiger partial charge on any atom is -0.349 e. The maximum Gasteiger partial charge on any atom is 0.224 e. The summed E-state index contributed by atoms with van der Waals surface area (Å²) in [6.45, 7) is 5.96. The molecular weight excluding hydrogens is 274 g/mol. The Labute approximate surface area is 120 Å². The fourth-order valence-electron chi connectivity index (χ4n) is 2.64. The van der Waals surface area contributed by atoms with Gasteiger partial charge in [0.1, 0.15) is 0 Å². The molecule has 0 saturated carbocycles. The normalized spacial score (nSPS) is 22.4. The summed E-state index contributed by atoms with van der Waals surface area (Å²) in [7, 11) is -3.02. The number of nitrogens with one attached hydrogen (secondary N) is 1. The Hall–Kier alpha value is -1.36. The first kappa shape index (κ1) is 15.0. The van der Waals surface area contributed by atoms with E-state index in [9.17, 15) is 13.2 Å². The van der Waals surface area contributed by atoms with Gasteiger partial charge in [-0.15, -0.1) is 0 Å². The van der Waals surface area contributed by atoms with Crippen LogP contribution in [-0.4, -0.2) is 25.8 Å². The van der Waals surface area contributed by atoms with Crippen molar-refractivity contribution < 1.29 is 13.2 Å². The zero-order valence-corrected chi connectivity index (χ0v) is 13.0. The highest BCUT2D eigenvalue weighted by atomic mass is 32.2. The van der Waals surface area contributed by atoms with Crippen molar-refractivity contribution >= 4 is 15.7 Å². The van der Waals surface area contributed by atoms with E-state index in [-0.39, 0.29) is 23.5 Å². The number of aryl methyl sites for hydroxylation is 2. The van der Waals surface area contributed by atoms with Crippen LogP contribution in [0.5, 0.6) is 0 Å². The molecule has 1 aliphatic heterocycles. The van der Waals surface area contributed by atoms with Crippen LogP contribution in [0.2, 0.25) is 0 Å². The molecule has 0 radical (unpaired) electrons. The van der Waals surface area contributed by atoms with Gasteiger partial charge in [0, 0.05) is 0 Å². The summed E-state index contributed by atoms with van der Waals surface area (Å²) >= 11 is 0. The SMILES string of the molecule is Cc1ccc(C)c(C(C)NC(=O)C2CCS(=O)(=O)C2)c1. The van der Waals surface area contributed by atoms with Crippen LogP contribution in [0.4, 0.5) is 0 Å². The summed E-state index contributed by atoms with van der Waals surface area (Å²) < 4.78 is 22.8. The predicted octanol–water partition coefficient (Wildman–Crippen LogP) is 1.92. The molecule has 0 spiro atoms. The molecule has 1 N–H and O–H groups in total. The van der Waals surface area contributed by atoms with Gasteiger partial charge in [0.15, 0.2) is 9.84 Å². The number of carbonyl (C=O) groups excluding carboxylic acids is 1. The van der Waals surface area contributed by atoms with Gasteiger partial charge < -0.3 is 5.32 Å². The van der Waals surface area contributed by atoms with E-state index in [1.807, 2.05) is 32.9 Å². The zero-order valence-electron chi connectivity index (χ0n) is 12.1. The summed E-state index contributed by atoms with van der Waals surface area (Å²) in [6, 6.07) is 6.03. The van der Waals surface area contributed by atoms with E-state index in [0.29, 0.717) is 6.42 Å². The van der Waals surface area contributed by atoms with Crippen LogP contribution in [0.25, 0.3) is 0 Å². The Bertz CT molecular complexity index is 622. The van der Waals surface area contributed by atoms with Crippen molar-refractivity contribution in [2.45, 2.75) is 33.2 Å². The second-order valence-electron chi connectivity index (χ2n) is 5.69. The van der Waals surface area contributed by atoms with Crippen LogP contribution >= 0.6 is 0 Å². The minimum atomic E-state index is -3.02. The molecule has 1 aromatic rings. The summed E-state index contributed by atoms with van der Waals surface area (Å²) in [6.07, 6.45) is 0.438. The van der Waals surface area contributed by atoms with E-state index >= 15 is 0 Å². The summed E-state index contributed by atoms with van der Waals surface area (Å²) in [5.74, 6) is -0.437. The molecule has 5 heteroatoms. The van der Waals surface area contributed by atoms with E-state index in [2.05, 4.69) is 11.4 Å². The topological polar surface area (TPSA) is 63.2 Å². The van der Waals surface area contributed by atoms with Crippen LogP contribution in [0, 0.1) is 19.8 Å². The lowest BCUT2D eigenvalue weighted by atomic mass is 9.99. The molecule has 20 heavy (non-hydrogen) atoms. The third kappa shape index (κ3) is 3.39. The Morgan fingerprint density at radius 2 is 2.05 bits per heavy atom. The van der Waals surface area contributed by atoms with Crippen LogP contribution in [0.15, 0.2) is 18.2 Å². The Kier molecular flexibility index (Phi) is 4.18.